The third-order valence-corrected chi connectivity index (χ3v) is 1.71. The summed E-state index contributed by atoms with van der Waals surface area (Å²) in [6.45, 7) is 0.354. The van der Waals surface area contributed by atoms with Crippen molar-refractivity contribution in [1.82, 2.24) is 0 Å². The molecule has 0 unspecified atom stereocenters. The molecule has 1 rings (SSSR count). The Balaban J connectivity index is 2.70. The van der Waals surface area contributed by atoms with Crippen molar-refractivity contribution in [3.63, 3.8) is 0 Å². The molecule has 4 nitrogen and oxygen atoms in total. The Kier molecular flexibility index (Phi) is 4.52. The molecule has 0 amide bonds. The largest absolute Gasteiger partial charge is 0.298 e. The molecule has 0 aliphatic rings. The lowest BCUT2D eigenvalue weighted by Crippen LogP contribution is -1.85. The van der Waals surface area contributed by atoms with Crippen LogP contribution in [0.25, 0.3) is 10.4 Å². The van der Waals surface area contributed by atoms with E-state index in [1.165, 1.54) is 0 Å². The minimum atomic E-state index is 0.354. The molecule has 0 spiro atoms. The Morgan fingerprint density at radius 3 is 3.00 bits per heavy atom. The lowest BCUT2D eigenvalue weighted by molar-refractivity contribution is 0.112. The van der Waals surface area contributed by atoms with Crippen LogP contribution in [0, 0.1) is 11.8 Å². The molecule has 0 aliphatic carbocycles. The number of carbonyl (C=O) groups is 1. The smallest absolute Gasteiger partial charge is 0.151 e. The van der Waals surface area contributed by atoms with Gasteiger partial charge in [-0.3, -0.25) is 4.79 Å². The van der Waals surface area contributed by atoms with Gasteiger partial charge < -0.3 is 0 Å². The molecule has 0 heterocycles. The number of rotatable bonds is 3. The van der Waals surface area contributed by atoms with Crippen LogP contribution in [0.5, 0.6) is 0 Å². The van der Waals surface area contributed by atoms with Crippen LogP contribution < -0.4 is 0 Å². The normalized spacial score (nSPS) is 8.27. The van der Waals surface area contributed by atoms with E-state index in [2.05, 4.69) is 21.9 Å². The zero-order chi connectivity index (χ0) is 10.9. The second-order valence-electron chi connectivity index (χ2n) is 2.71. The average molecular weight is 199 g/mol. The monoisotopic (exact) mass is 199 g/mol. The molecule has 0 aliphatic heterocycles. The van der Waals surface area contributed by atoms with E-state index in [0.29, 0.717) is 24.1 Å². The van der Waals surface area contributed by atoms with E-state index in [1.807, 2.05) is 6.07 Å². The first-order valence-corrected chi connectivity index (χ1v) is 4.42. The average Bonchev–Trinajstić information content (AvgIpc) is 2.29. The van der Waals surface area contributed by atoms with Crippen molar-refractivity contribution in [3.8, 4) is 11.8 Å². The highest BCUT2D eigenvalue weighted by Gasteiger charge is 1.94. The predicted octanol–water partition coefficient (Wildman–Crippen LogP) is 2.55. The summed E-state index contributed by atoms with van der Waals surface area (Å²) in [5.41, 5.74) is 9.31. The standard InChI is InChI=1S/C11H9N3O/c12-14-13-8-4-3-6-10-5-1-2-7-11(10)9-15/h1-2,5,7,9H,4,8H2. The number of hydrogen-bond acceptors (Lipinski definition) is 2. The number of azide groups is 1. The molecule has 0 radical (unpaired) electrons. The Bertz CT molecular complexity index is 450. The van der Waals surface area contributed by atoms with Crippen LogP contribution in [0.1, 0.15) is 22.3 Å². The molecule has 1 aromatic rings. The van der Waals surface area contributed by atoms with Crippen LogP contribution >= 0.6 is 0 Å². The Hall–Kier alpha value is -2.24. The molecule has 0 bridgehead atoms. The van der Waals surface area contributed by atoms with Gasteiger partial charge in [-0.15, -0.1) is 0 Å². The first-order valence-electron chi connectivity index (χ1n) is 4.42. The summed E-state index contributed by atoms with van der Waals surface area (Å²) >= 11 is 0. The number of benzene rings is 1. The summed E-state index contributed by atoms with van der Waals surface area (Å²) in [6, 6.07) is 7.11. The molecule has 0 aromatic heterocycles. The van der Waals surface area contributed by atoms with Crippen LogP contribution in [0.4, 0.5) is 0 Å². The molecular weight excluding hydrogens is 190 g/mol. The summed E-state index contributed by atoms with van der Waals surface area (Å²) in [6.07, 6.45) is 1.27. The first kappa shape index (κ1) is 10.8. The van der Waals surface area contributed by atoms with E-state index in [9.17, 15) is 4.79 Å². The van der Waals surface area contributed by atoms with Gasteiger partial charge >= 0.3 is 0 Å². The summed E-state index contributed by atoms with van der Waals surface area (Å²) in [5, 5.41) is 3.35. The van der Waals surface area contributed by atoms with Crippen molar-refractivity contribution in [2.45, 2.75) is 6.42 Å². The van der Waals surface area contributed by atoms with Crippen molar-refractivity contribution in [3.05, 3.63) is 45.8 Å². The van der Waals surface area contributed by atoms with E-state index >= 15 is 0 Å². The highest BCUT2D eigenvalue weighted by Crippen LogP contribution is 2.03. The van der Waals surface area contributed by atoms with Crippen molar-refractivity contribution in [1.29, 1.82) is 0 Å². The topological polar surface area (TPSA) is 65.8 Å². The van der Waals surface area contributed by atoms with Crippen LogP contribution in [0.15, 0.2) is 29.4 Å². The van der Waals surface area contributed by atoms with Crippen molar-refractivity contribution < 1.29 is 4.79 Å². The summed E-state index contributed by atoms with van der Waals surface area (Å²) < 4.78 is 0. The molecule has 0 saturated heterocycles. The van der Waals surface area contributed by atoms with Gasteiger partial charge in [0.25, 0.3) is 0 Å². The van der Waals surface area contributed by atoms with E-state index in [0.717, 1.165) is 6.29 Å². The zero-order valence-electron chi connectivity index (χ0n) is 8.05. The third kappa shape index (κ3) is 3.55. The van der Waals surface area contributed by atoms with E-state index in [1.54, 1.807) is 18.2 Å². The molecular formula is C11H9N3O. The van der Waals surface area contributed by atoms with Gasteiger partial charge in [-0.2, -0.15) is 0 Å². The molecule has 4 heteroatoms. The Labute approximate surface area is 87.6 Å². The maximum atomic E-state index is 10.6. The van der Waals surface area contributed by atoms with Crippen LogP contribution in [0.3, 0.4) is 0 Å². The predicted molar refractivity (Wildman–Crippen MR) is 57.3 cm³/mol. The van der Waals surface area contributed by atoms with Crippen molar-refractivity contribution >= 4 is 6.29 Å². The minimum absolute atomic E-state index is 0.354. The first-order chi connectivity index (χ1) is 7.38. The second kappa shape index (κ2) is 6.25. The maximum absolute atomic E-state index is 10.6. The fourth-order valence-electron chi connectivity index (χ4n) is 1.02. The van der Waals surface area contributed by atoms with Crippen LogP contribution in [0.2, 0.25) is 0 Å². The molecule has 0 fully saturated rings. The van der Waals surface area contributed by atoms with Gasteiger partial charge in [0.1, 0.15) is 0 Å². The molecule has 0 N–H and O–H groups in total. The molecule has 0 saturated carbocycles. The minimum Gasteiger partial charge on any atom is -0.298 e. The number of aldehydes is 1. The van der Waals surface area contributed by atoms with Gasteiger partial charge in [-0.25, -0.2) is 0 Å². The molecule has 0 atom stereocenters. The van der Waals surface area contributed by atoms with Crippen molar-refractivity contribution in [2.24, 2.45) is 5.11 Å². The fourth-order valence-corrected chi connectivity index (χ4v) is 1.02. The van der Waals surface area contributed by atoms with Gasteiger partial charge in [-0.05, 0) is 11.6 Å². The zero-order valence-corrected chi connectivity index (χ0v) is 8.05. The van der Waals surface area contributed by atoms with E-state index in [4.69, 9.17) is 5.53 Å². The van der Waals surface area contributed by atoms with Gasteiger partial charge in [0.2, 0.25) is 0 Å². The van der Waals surface area contributed by atoms with Gasteiger partial charge in [0.15, 0.2) is 6.29 Å². The second-order valence-corrected chi connectivity index (χ2v) is 2.71. The van der Waals surface area contributed by atoms with Crippen molar-refractivity contribution in [2.75, 3.05) is 6.54 Å². The highest BCUT2D eigenvalue weighted by molar-refractivity contribution is 5.79. The molecule has 74 valence electrons. The Morgan fingerprint density at radius 1 is 1.47 bits per heavy atom. The van der Waals surface area contributed by atoms with E-state index in [-0.39, 0.29) is 0 Å². The highest BCUT2D eigenvalue weighted by atomic mass is 16.1. The lowest BCUT2D eigenvalue weighted by Gasteiger charge is -1.93. The summed E-state index contributed by atoms with van der Waals surface area (Å²) in [4.78, 5) is 13.2. The van der Waals surface area contributed by atoms with Crippen LogP contribution in [-0.2, 0) is 0 Å². The maximum Gasteiger partial charge on any atom is 0.151 e. The molecule has 1 aromatic carbocycles. The fraction of sp³-hybridized carbons (Fsp3) is 0.182. The summed E-state index contributed by atoms with van der Waals surface area (Å²) in [5.74, 6) is 5.70. The number of hydrogen-bond donors (Lipinski definition) is 0. The summed E-state index contributed by atoms with van der Waals surface area (Å²) in [7, 11) is 0. The van der Waals surface area contributed by atoms with Gasteiger partial charge in [0, 0.05) is 29.0 Å². The SMILES string of the molecule is [N-]=[N+]=NCCC#Cc1ccccc1C=O. The quantitative estimate of drug-likeness (QED) is 0.184. The lowest BCUT2D eigenvalue weighted by atomic mass is 10.1. The van der Waals surface area contributed by atoms with Crippen LogP contribution in [-0.4, -0.2) is 12.8 Å². The Morgan fingerprint density at radius 2 is 2.27 bits per heavy atom. The van der Waals surface area contributed by atoms with Gasteiger partial charge in [-0.1, -0.05) is 35.2 Å². The van der Waals surface area contributed by atoms with E-state index < -0.39 is 0 Å². The molecule has 15 heavy (non-hydrogen) atoms. The number of nitrogens with zero attached hydrogens (tertiary/aromatic N) is 3. The third-order valence-electron chi connectivity index (χ3n) is 1.71. The number of carbonyl (C=O) groups excluding carboxylic acids is 1. The van der Waals surface area contributed by atoms with Gasteiger partial charge in [0.05, 0.1) is 0 Å².